The lowest BCUT2D eigenvalue weighted by molar-refractivity contribution is -0.131. The number of benzene rings is 2. The summed E-state index contributed by atoms with van der Waals surface area (Å²) in [7, 11) is 0. The van der Waals surface area contributed by atoms with Crippen LogP contribution in [0.3, 0.4) is 0 Å². The first-order valence-corrected chi connectivity index (χ1v) is 8.15. The van der Waals surface area contributed by atoms with Crippen molar-refractivity contribution < 1.29 is 14.7 Å². The first kappa shape index (κ1) is 16.5. The number of Topliss-reactive ketones (excluding diaryl/α,β-unsaturated/α-hetero) is 1. The van der Waals surface area contributed by atoms with Crippen LogP contribution in [0.2, 0.25) is 5.02 Å². The molecule has 0 aliphatic heterocycles. The minimum atomic E-state index is -1.49. The van der Waals surface area contributed by atoms with Gasteiger partial charge in [-0.25, -0.2) is 4.79 Å². The van der Waals surface area contributed by atoms with E-state index in [-0.39, 0.29) is 5.56 Å². The molecule has 0 bridgehead atoms. The van der Waals surface area contributed by atoms with Crippen LogP contribution in [0.5, 0.6) is 0 Å². The van der Waals surface area contributed by atoms with E-state index in [1.165, 1.54) is 0 Å². The zero-order valence-electron chi connectivity index (χ0n) is 12.2. The molecule has 2 N–H and O–H groups in total. The predicted molar refractivity (Wildman–Crippen MR) is 98.3 cm³/mol. The Morgan fingerprint density at radius 2 is 1.79 bits per heavy atom. The molecule has 0 atom stereocenters. The summed E-state index contributed by atoms with van der Waals surface area (Å²) in [5.41, 5.74) is 2.17. The van der Waals surface area contributed by atoms with Crippen molar-refractivity contribution in [2.75, 3.05) is 0 Å². The van der Waals surface area contributed by atoms with Crippen molar-refractivity contribution in [2.45, 2.75) is 0 Å². The average Bonchev–Trinajstić information content (AvgIpc) is 2.90. The number of H-pyrrole nitrogens is 1. The van der Waals surface area contributed by atoms with E-state index in [2.05, 4.69) is 20.9 Å². The van der Waals surface area contributed by atoms with Crippen LogP contribution >= 0.6 is 27.5 Å². The number of aliphatic carboxylic acids is 1. The lowest BCUT2D eigenvalue weighted by Crippen LogP contribution is -2.13. The second-order valence-corrected chi connectivity index (χ2v) is 6.47. The van der Waals surface area contributed by atoms with E-state index >= 15 is 0 Å². The van der Waals surface area contributed by atoms with Gasteiger partial charge in [-0.15, -0.1) is 0 Å². The Hall–Kier alpha value is -2.37. The molecule has 0 saturated heterocycles. The summed E-state index contributed by atoms with van der Waals surface area (Å²) in [5.74, 6) is -2.43. The van der Waals surface area contributed by atoms with E-state index in [4.69, 9.17) is 16.7 Å². The van der Waals surface area contributed by atoms with Gasteiger partial charge in [0.2, 0.25) is 0 Å². The first-order chi connectivity index (χ1) is 11.5. The number of fused-ring (bicyclic) bond motifs is 1. The van der Waals surface area contributed by atoms with Gasteiger partial charge in [0.05, 0.1) is 11.3 Å². The summed E-state index contributed by atoms with van der Waals surface area (Å²) >= 11 is 9.22. The SMILES string of the molecule is O=C(O)C(=O)c1c(/C=C/c2ccc(Cl)cc2)[nH]c2cc(Br)ccc12. The molecule has 0 amide bonds. The Morgan fingerprint density at radius 1 is 1.08 bits per heavy atom. The average molecular weight is 405 g/mol. The Labute approximate surface area is 150 Å². The predicted octanol–water partition coefficient (Wildman–Crippen LogP) is 5.02. The van der Waals surface area contributed by atoms with Gasteiger partial charge in [0.25, 0.3) is 5.78 Å². The standard InChI is InChI=1S/C18H11BrClNO3/c19-11-4-7-13-15(9-11)21-14(16(13)17(22)18(23)24)8-3-10-1-5-12(20)6-2-10/h1-9,21H,(H,23,24)/b8-3+. The molecular formula is C18H11BrClNO3. The Kier molecular flexibility index (Phi) is 4.55. The largest absolute Gasteiger partial charge is 0.475 e. The Bertz CT molecular complexity index is 974. The van der Waals surface area contributed by atoms with Gasteiger partial charge in [-0.2, -0.15) is 0 Å². The van der Waals surface area contributed by atoms with Gasteiger partial charge >= 0.3 is 5.97 Å². The lowest BCUT2D eigenvalue weighted by atomic mass is 10.1. The maximum absolute atomic E-state index is 12.1. The van der Waals surface area contributed by atoms with Crippen molar-refractivity contribution in [3.63, 3.8) is 0 Å². The van der Waals surface area contributed by atoms with Crippen molar-refractivity contribution in [1.29, 1.82) is 0 Å². The van der Waals surface area contributed by atoms with Crippen molar-refractivity contribution in [1.82, 2.24) is 4.98 Å². The number of ketones is 1. The molecule has 6 heteroatoms. The van der Waals surface area contributed by atoms with Crippen LogP contribution in [0.1, 0.15) is 21.6 Å². The minimum absolute atomic E-state index is 0.148. The maximum Gasteiger partial charge on any atom is 0.377 e. The molecule has 24 heavy (non-hydrogen) atoms. The number of rotatable bonds is 4. The third-order valence-electron chi connectivity index (χ3n) is 3.52. The van der Waals surface area contributed by atoms with Gasteiger partial charge in [-0.1, -0.05) is 51.8 Å². The van der Waals surface area contributed by atoms with Crippen molar-refractivity contribution in [3.05, 3.63) is 68.8 Å². The highest BCUT2D eigenvalue weighted by atomic mass is 79.9. The number of carboxylic acid groups (broad SMARTS) is 1. The first-order valence-electron chi connectivity index (χ1n) is 6.98. The van der Waals surface area contributed by atoms with E-state index in [9.17, 15) is 9.59 Å². The fourth-order valence-corrected chi connectivity index (χ4v) is 2.91. The summed E-state index contributed by atoms with van der Waals surface area (Å²) in [4.78, 5) is 26.4. The molecule has 0 aliphatic carbocycles. The molecule has 0 fully saturated rings. The third-order valence-corrected chi connectivity index (χ3v) is 4.27. The van der Waals surface area contributed by atoms with E-state index in [1.807, 2.05) is 12.1 Å². The minimum Gasteiger partial charge on any atom is -0.475 e. The summed E-state index contributed by atoms with van der Waals surface area (Å²) in [5, 5.41) is 10.3. The molecule has 120 valence electrons. The highest BCUT2D eigenvalue weighted by Crippen LogP contribution is 2.27. The molecule has 0 aliphatic rings. The van der Waals surface area contributed by atoms with Gasteiger partial charge in [0.1, 0.15) is 0 Å². The molecule has 1 aromatic heterocycles. The topological polar surface area (TPSA) is 70.2 Å². The molecule has 3 aromatic rings. The van der Waals surface area contributed by atoms with Gasteiger partial charge in [-0.3, -0.25) is 4.79 Å². The molecule has 3 rings (SSSR count). The molecule has 0 radical (unpaired) electrons. The van der Waals surface area contributed by atoms with Gasteiger partial charge in [0, 0.05) is 20.4 Å². The summed E-state index contributed by atoms with van der Waals surface area (Å²) in [6.45, 7) is 0. The molecule has 0 saturated carbocycles. The number of hydrogen-bond donors (Lipinski definition) is 2. The van der Waals surface area contributed by atoms with Crippen LogP contribution < -0.4 is 0 Å². The molecule has 1 heterocycles. The summed E-state index contributed by atoms with van der Waals surface area (Å²) < 4.78 is 0.832. The summed E-state index contributed by atoms with van der Waals surface area (Å²) in [6.07, 6.45) is 3.47. The van der Waals surface area contributed by atoms with Gasteiger partial charge in [0.15, 0.2) is 0 Å². The number of carboxylic acids is 1. The van der Waals surface area contributed by atoms with Crippen LogP contribution in [0.4, 0.5) is 0 Å². The zero-order valence-corrected chi connectivity index (χ0v) is 14.6. The quantitative estimate of drug-likeness (QED) is 0.474. The second kappa shape index (κ2) is 6.63. The van der Waals surface area contributed by atoms with E-state index in [0.717, 1.165) is 10.0 Å². The van der Waals surface area contributed by atoms with Crippen LogP contribution in [0.15, 0.2) is 46.9 Å². The summed E-state index contributed by atoms with van der Waals surface area (Å²) in [6, 6.07) is 12.5. The fraction of sp³-hybridized carbons (Fsp3) is 0. The smallest absolute Gasteiger partial charge is 0.377 e. The molecule has 4 nitrogen and oxygen atoms in total. The van der Waals surface area contributed by atoms with Crippen LogP contribution in [0.25, 0.3) is 23.1 Å². The third kappa shape index (κ3) is 3.27. The molecule has 2 aromatic carbocycles. The highest BCUT2D eigenvalue weighted by Gasteiger charge is 2.22. The Balaban J connectivity index is 2.12. The Morgan fingerprint density at radius 3 is 2.46 bits per heavy atom. The number of aromatic amines is 1. The maximum atomic E-state index is 12.1. The zero-order chi connectivity index (χ0) is 17.3. The normalized spacial score (nSPS) is 11.2. The van der Waals surface area contributed by atoms with Crippen molar-refractivity contribution in [3.8, 4) is 0 Å². The van der Waals surface area contributed by atoms with Crippen LogP contribution in [-0.4, -0.2) is 21.8 Å². The number of carbonyl (C=O) groups excluding carboxylic acids is 1. The van der Waals surface area contributed by atoms with Crippen molar-refractivity contribution in [2.24, 2.45) is 0 Å². The highest BCUT2D eigenvalue weighted by molar-refractivity contribution is 9.10. The molecular weight excluding hydrogens is 394 g/mol. The van der Waals surface area contributed by atoms with E-state index in [0.29, 0.717) is 21.6 Å². The molecule has 0 unspecified atom stereocenters. The number of carbonyl (C=O) groups is 2. The van der Waals surface area contributed by atoms with E-state index < -0.39 is 11.8 Å². The van der Waals surface area contributed by atoms with Gasteiger partial charge < -0.3 is 10.1 Å². The van der Waals surface area contributed by atoms with Gasteiger partial charge in [-0.05, 0) is 35.9 Å². The lowest BCUT2D eigenvalue weighted by Gasteiger charge is -1.98. The number of nitrogens with one attached hydrogen (secondary N) is 1. The second-order valence-electron chi connectivity index (χ2n) is 5.12. The van der Waals surface area contributed by atoms with Crippen molar-refractivity contribution >= 4 is 62.3 Å². The van der Waals surface area contributed by atoms with Crippen LogP contribution in [-0.2, 0) is 4.79 Å². The fourth-order valence-electron chi connectivity index (χ4n) is 2.42. The number of halogens is 2. The monoisotopic (exact) mass is 403 g/mol. The number of hydrogen-bond acceptors (Lipinski definition) is 2. The van der Waals surface area contributed by atoms with E-state index in [1.54, 1.807) is 42.5 Å². The molecule has 0 spiro atoms. The number of aromatic nitrogens is 1. The van der Waals surface area contributed by atoms with Crippen LogP contribution in [0, 0.1) is 0 Å².